The van der Waals surface area contributed by atoms with Gasteiger partial charge in [0.05, 0.1) is 12.6 Å². The third kappa shape index (κ3) is 6.86. The summed E-state index contributed by atoms with van der Waals surface area (Å²) in [6.45, 7) is 7.80. The number of aliphatic hydroxyl groups is 1. The Labute approximate surface area is 85.6 Å². The van der Waals surface area contributed by atoms with Gasteiger partial charge in [-0.05, 0) is 34.1 Å². The zero-order chi connectivity index (χ0) is 11.2. The second-order valence-electron chi connectivity index (χ2n) is 4.25. The Morgan fingerprint density at radius 2 is 2.07 bits per heavy atom. The summed E-state index contributed by atoms with van der Waals surface area (Å²) in [5.41, 5.74) is -0.231. The van der Waals surface area contributed by atoms with E-state index in [1.165, 1.54) is 0 Å². The highest BCUT2D eigenvalue weighted by atomic mass is 16.5. The fraction of sp³-hybridized carbons (Fsp3) is 0.900. The maximum atomic E-state index is 11.2. The first kappa shape index (κ1) is 13.4. The average molecular weight is 203 g/mol. The minimum Gasteiger partial charge on any atom is -0.462 e. The van der Waals surface area contributed by atoms with Crippen molar-refractivity contribution in [3.63, 3.8) is 0 Å². The Hall–Kier alpha value is -0.610. The molecule has 0 heterocycles. The molecule has 0 unspecified atom stereocenters. The molecule has 0 aromatic heterocycles. The van der Waals surface area contributed by atoms with E-state index in [4.69, 9.17) is 9.84 Å². The molecule has 0 saturated carbocycles. The van der Waals surface area contributed by atoms with Gasteiger partial charge in [0.25, 0.3) is 0 Å². The molecule has 4 nitrogen and oxygen atoms in total. The van der Waals surface area contributed by atoms with Gasteiger partial charge < -0.3 is 15.2 Å². The molecule has 0 aromatic carbocycles. The number of ether oxygens (including phenoxy) is 1. The Morgan fingerprint density at radius 3 is 2.50 bits per heavy atom. The van der Waals surface area contributed by atoms with Gasteiger partial charge in [-0.3, -0.25) is 4.79 Å². The van der Waals surface area contributed by atoms with Crippen LogP contribution in [-0.4, -0.2) is 35.9 Å². The number of hydrogen-bond acceptors (Lipinski definition) is 4. The Balaban J connectivity index is 3.75. The fourth-order valence-electron chi connectivity index (χ4n) is 0.984. The van der Waals surface area contributed by atoms with Gasteiger partial charge in [0.15, 0.2) is 0 Å². The number of esters is 1. The van der Waals surface area contributed by atoms with Crippen molar-refractivity contribution in [3.05, 3.63) is 0 Å². The van der Waals surface area contributed by atoms with Crippen LogP contribution >= 0.6 is 0 Å². The summed E-state index contributed by atoms with van der Waals surface area (Å²) in [5.74, 6) is -0.258. The third-order valence-corrected chi connectivity index (χ3v) is 1.82. The van der Waals surface area contributed by atoms with Crippen LogP contribution in [0.2, 0.25) is 0 Å². The lowest BCUT2D eigenvalue weighted by Crippen LogP contribution is -2.43. The molecular formula is C10H21NO3. The Bertz CT molecular complexity index is 178. The summed E-state index contributed by atoms with van der Waals surface area (Å²) in [4.78, 5) is 11.2. The summed E-state index contributed by atoms with van der Waals surface area (Å²) in [6.07, 6.45) is 0.535. The number of carbonyl (C=O) groups excluding carboxylic acids is 1. The van der Waals surface area contributed by atoms with E-state index in [-0.39, 0.29) is 30.8 Å². The fourth-order valence-corrected chi connectivity index (χ4v) is 0.984. The predicted octanol–water partition coefficient (Wildman–Crippen LogP) is 0.689. The van der Waals surface area contributed by atoms with E-state index in [1.807, 2.05) is 27.7 Å². The minimum atomic E-state index is -0.258. The van der Waals surface area contributed by atoms with Crippen molar-refractivity contribution in [2.45, 2.75) is 45.8 Å². The van der Waals surface area contributed by atoms with Gasteiger partial charge >= 0.3 is 5.97 Å². The highest BCUT2D eigenvalue weighted by molar-refractivity contribution is 5.71. The molecule has 4 heteroatoms. The van der Waals surface area contributed by atoms with Gasteiger partial charge in [0.1, 0.15) is 0 Å². The van der Waals surface area contributed by atoms with Crippen LogP contribution in [0, 0.1) is 0 Å². The van der Waals surface area contributed by atoms with Crippen LogP contribution in [0.15, 0.2) is 0 Å². The van der Waals surface area contributed by atoms with Crippen molar-refractivity contribution in [3.8, 4) is 0 Å². The molecule has 0 aliphatic carbocycles. The number of rotatable bonds is 6. The van der Waals surface area contributed by atoms with E-state index in [0.29, 0.717) is 6.42 Å². The lowest BCUT2D eigenvalue weighted by Gasteiger charge is -2.25. The number of hydrogen-bond donors (Lipinski definition) is 2. The Morgan fingerprint density at radius 1 is 1.50 bits per heavy atom. The average Bonchev–Trinajstić information content (AvgIpc) is 2.00. The van der Waals surface area contributed by atoms with Crippen LogP contribution in [0.5, 0.6) is 0 Å². The summed E-state index contributed by atoms with van der Waals surface area (Å²) in [6, 6.07) is 0. The van der Waals surface area contributed by atoms with Gasteiger partial charge in [0.2, 0.25) is 0 Å². The van der Waals surface area contributed by atoms with Crippen molar-refractivity contribution in [2.75, 3.05) is 13.2 Å². The van der Waals surface area contributed by atoms with E-state index >= 15 is 0 Å². The molecule has 84 valence electrons. The molecule has 0 bridgehead atoms. The van der Waals surface area contributed by atoms with Gasteiger partial charge in [-0.2, -0.15) is 0 Å². The molecule has 0 saturated heterocycles. The second kappa shape index (κ2) is 5.98. The van der Waals surface area contributed by atoms with Gasteiger partial charge in [-0.25, -0.2) is 0 Å². The predicted molar refractivity (Wildman–Crippen MR) is 55.0 cm³/mol. The molecular weight excluding hydrogens is 182 g/mol. The normalized spacial score (nSPS) is 11.9. The molecule has 14 heavy (non-hydrogen) atoms. The van der Waals surface area contributed by atoms with Gasteiger partial charge in [-0.1, -0.05) is 0 Å². The minimum absolute atomic E-state index is 0.0785. The molecule has 2 N–H and O–H groups in total. The molecule has 0 radical (unpaired) electrons. The van der Waals surface area contributed by atoms with Crippen molar-refractivity contribution in [2.24, 2.45) is 0 Å². The first-order valence-electron chi connectivity index (χ1n) is 4.93. The van der Waals surface area contributed by atoms with E-state index in [9.17, 15) is 4.79 Å². The Kier molecular flexibility index (Phi) is 5.72. The third-order valence-electron chi connectivity index (χ3n) is 1.82. The van der Waals surface area contributed by atoms with Crippen LogP contribution in [0.4, 0.5) is 0 Å². The molecule has 0 fully saturated rings. The molecule has 0 aliphatic rings. The van der Waals surface area contributed by atoms with Crippen molar-refractivity contribution >= 4 is 5.97 Å². The number of carbonyl (C=O) groups is 1. The topological polar surface area (TPSA) is 58.6 Å². The standard InChI is InChI=1S/C10H21NO3/c1-8(2)14-9(13)7-11-10(3,4)5-6-12/h8,11-12H,5-7H2,1-4H3. The van der Waals surface area contributed by atoms with E-state index in [2.05, 4.69) is 5.32 Å². The van der Waals surface area contributed by atoms with Crippen LogP contribution in [0.1, 0.15) is 34.1 Å². The lowest BCUT2D eigenvalue weighted by atomic mass is 10.0. The first-order chi connectivity index (χ1) is 6.37. The molecule has 0 aromatic rings. The quantitative estimate of drug-likeness (QED) is 0.624. The summed E-state index contributed by atoms with van der Waals surface area (Å²) >= 11 is 0. The monoisotopic (exact) mass is 203 g/mol. The molecule has 0 spiro atoms. The lowest BCUT2D eigenvalue weighted by molar-refractivity contribution is -0.146. The van der Waals surface area contributed by atoms with Crippen molar-refractivity contribution in [1.82, 2.24) is 5.32 Å². The van der Waals surface area contributed by atoms with Crippen LogP contribution < -0.4 is 5.32 Å². The van der Waals surface area contributed by atoms with Crippen LogP contribution in [0.25, 0.3) is 0 Å². The largest absolute Gasteiger partial charge is 0.462 e. The first-order valence-corrected chi connectivity index (χ1v) is 4.93. The maximum absolute atomic E-state index is 11.2. The summed E-state index contributed by atoms with van der Waals surface area (Å²) in [5, 5.41) is 11.8. The van der Waals surface area contributed by atoms with Gasteiger partial charge in [0, 0.05) is 12.1 Å². The zero-order valence-corrected chi connectivity index (χ0v) is 9.46. The van der Waals surface area contributed by atoms with E-state index in [0.717, 1.165) is 0 Å². The molecule has 0 amide bonds. The molecule has 0 rings (SSSR count). The summed E-state index contributed by atoms with van der Waals surface area (Å²) in [7, 11) is 0. The molecule has 0 aliphatic heterocycles. The van der Waals surface area contributed by atoms with E-state index < -0.39 is 0 Å². The SMILES string of the molecule is CC(C)OC(=O)CNC(C)(C)CCO. The number of nitrogens with one attached hydrogen (secondary N) is 1. The van der Waals surface area contributed by atoms with Crippen LogP contribution in [0.3, 0.4) is 0 Å². The molecule has 0 atom stereocenters. The van der Waals surface area contributed by atoms with Gasteiger partial charge in [-0.15, -0.1) is 0 Å². The maximum Gasteiger partial charge on any atom is 0.320 e. The second-order valence-corrected chi connectivity index (χ2v) is 4.25. The summed E-state index contributed by atoms with van der Waals surface area (Å²) < 4.78 is 4.96. The van der Waals surface area contributed by atoms with Crippen molar-refractivity contribution < 1.29 is 14.6 Å². The number of aliphatic hydroxyl groups excluding tert-OH is 1. The highest BCUT2D eigenvalue weighted by Gasteiger charge is 2.18. The van der Waals surface area contributed by atoms with Crippen molar-refractivity contribution in [1.29, 1.82) is 0 Å². The van der Waals surface area contributed by atoms with Crippen LogP contribution in [-0.2, 0) is 9.53 Å². The highest BCUT2D eigenvalue weighted by Crippen LogP contribution is 2.06. The smallest absolute Gasteiger partial charge is 0.320 e. The van der Waals surface area contributed by atoms with E-state index in [1.54, 1.807) is 0 Å². The zero-order valence-electron chi connectivity index (χ0n) is 9.46.